The van der Waals surface area contributed by atoms with Crippen LogP contribution in [0.3, 0.4) is 0 Å². The number of fused-ring (bicyclic) bond motifs is 1. The van der Waals surface area contributed by atoms with Crippen molar-refractivity contribution in [1.29, 1.82) is 0 Å². The first-order valence-corrected chi connectivity index (χ1v) is 6.65. The first kappa shape index (κ1) is 10.1. The summed E-state index contributed by atoms with van der Waals surface area (Å²) in [4.78, 5) is 12.9. The Labute approximate surface area is 105 Å². The van der Waals surface area contributed by atoms with Crippen molar-refractivity contribution in [1.82, 2.24) is 15.0 Å². The van der Waals surface area contributed by atoms with E-state index >= 15 is 0 Å². The van der Waals surface area contributed by atoms with Gasteiger partial charge in [-0.1, -0.05) is 11.6 Å². The monoisotopic (exact) mass is 267 g/mol. The molecular formula is C10H6ClN3S2. The van der Waals surface area contributed by atoms with Gasteiger partial charge in [-0.05, 0) is 13.0 Å². The van der Waals surface area contributed by atoms with Gasteiger partial charge in [0.1, 0.15) is 16.2 Å². The maximum Gasteiger partial charge on any atom is 0.156 e. The Morgan fingerprint density at radius 2 is 2.19 bits per heavy atom. The van der Waals surface area contributed by atoms with E-state index < -0.39 is 0 Å². The molecule has 6 heteroatoms. The van der Waals surface area contributed by atoms with Crippen molar-refractivity contribution in [3.05, 3.63) is 27.8 Å². The van der Waals surface area contributed by atoms with E-state index in [-0.39, 0.29) is 0 Å². The number of aryl methyl sites for hydroxylation is 1. The molecule has 0 fully saturated rings. The predicted octanol–water partition coefficient (Wildman–Crippen LogP) is 3.78. The van der Waals surface area contributed by atoms with E-state index in [1.54, 1.807) is 28.9 Å². The molecule has 0 unspecified atom stereocenters. The second kappa shape index (κ2) is 3.76. The van der Waals surface area contributed by atoms with Crippen LogP contribution in [0.1, 0.15) is 5.01 Å². The Morgan fingerprint density at radius 3 is 2.88 bits per heavy atom. The summed E-state index contributed by atoms with van der Waals surface area (Å²) in [5.74, 6) is 0. The van der Waals surface area contributed by atoms with Crippen molar-refractivity contribution in [2.45, 2.75) is 6.92 Å². The summed E-state index contributed by atoms with van der Waals surface area (Å²) < 4.78 is 1.04. The van der Waals surface area contributed by atoms with E-state index in [9.17, 15) is 0 Å². The molecule has 0 atom stereocenters. The third-order valence-electron chi connectivity index (χ3n) is 2.10. The van der Waals surface area contributed by atoms with Gasteiger partial charge in [-0.3, -0.25) is 0 Å². The molecule has 0 N–H and O–H groups in total. The van der Waals surface area contributed by atoms with E-state index in [4.69, 9.17) is 11.6 Å². The highest BCUT2D eigenvalue weighted by molar-refractivity contribution is 7.22. The van der Waals surface area contributed by atoms with E-state index in [1.807, 2.05) is 18.4 Å². The summed E-state index contributed by atoms with van der Waals surface area (Å²) in [6.45, 7) is 1.98. The third-order valence-corrected chi connectivity index (χ3v) is 4.19. The average molecular weight is 268 g/mol. The Balaban J connectivity index is 2.22. The van der Waals surface area contributed by atoms with Crippen molar-refractivity contribution < 1.29 is 0 Å². The zero-order chi connectivity index (χ0) is 11.1. The Bertz CT molecular complexity index is 659. The highest BCUT2D eigenvalue weighted by Crippen LogP contribution is 2.32. The van der Waals surface area contributed by atoms with E-state index in [0.29, 0.717) is 5.15 Å². The number of nitrogens with zero attached hydrogens (tertiary/aromatic N) is 3. The van der Waals surface area contributed by atoms with Gasteiger partial charge in [0.25, 0.3) is 0 Å². The van der Waals surface area contributed by atoms with Crippen LogP contribution < -0.4 is 0 Å². The molecule has 0 saturated carbocycles. The van der Waals surface area contributed by atoms with Crippen molar-refractivity contribution in [3.8, 4) is 10.7 Å². The van der Waals surface area contributed by atoms with E-state index in [2.05, 4.69) is 15.0 Å². The number of pyridine rings is 1. The van der Waals surface area contributed by atoms with Gasteiger partial charge >= 0.3 is 0 Å². The van der Waals surface area contributed by atoms with Crippen LogP contribution in [-0.2, 0) is 0 Å². The molecule has 3 heterocycles. The summed E-state index contributed by atoms with van der Waals surface area (Å²) in [7, 11) is 0. The lowest BCUT2D eigenvalue weighted by Crippen LogP contribution is -1.77. The molecule has 0 aliphatic heterocycles. The number of hydrogen-bond acceptors (Lipinski definition) is 5. The lowest BCUT2D eigenvalue weighted by molar-refractivity contribution is 1.28. The summed E-state index contributed by atoms with van der Waals surface area (Å²) in [6, 6.07) is 1.92. The molecule has 80 valence electrons. The quantitative estimate of drug-likeness (QED) is 0.630. The molecule has 0 aliphatic carbocycles. The molecule has 3 aromatic heterocycles. The second-order valence-corrected chi connectivity index (χ2v) is 5.67. The maximum atomic E-state index is 5.98. The van der Waals surface area contributed by atoms with Gasteiger partial charge in [0.15, 0.2) is 5.15 Å². The fourth-order valence-electron chi connectivity index (χ4n) is 1.40. The molecule has 0 radical (unpaired) electrons. The van der Waals surface area contributed by atoms with Crippen LogP contribution in [-0.4, -0.2) is 15.0 Å². The van der Waals surface area contributed by atoms with E-state index in [0.717, 1.165) is 25.9 Å². The van der Waals surface area contributed by atoms with Crippen LogP contribution in [0.4, 0.5) is 0 Å². The van der Waals surface area contributed by atoms with Gasteiger partial charge in [-0.15, -0.1) is 22.7 Å². The third kappa shape index (κ3) is 1.61. The summed E-state index contributed by atoms with van der Waals surface area (Å²) in [6.07, 6.45) is 1.69. The SMILES string of the molecule is Cc1nc(-c2nc3c(Cl)nccc3s2)cs1. The second-order valence-electron chi connectivity index (χ2n) is 3.22. The molecule has 0 aliphatic rings. The molecular weight excluding hydrogens is 262 g/mol. The van der Waals surface area contributed by atoms with Gasteiger partial charge in [0, 0.05) is 11.6 Å². The lowest BCUT2D eigenvalue weighted by Gasteiger charge is -1.87. The molecule has 0 bridgehead atoms. The van der Waals surface area contributed by atoms with Gasteiger partial charge < -0.3 is 0 Å². The van der Waals surface area contributed by atoms with Gasteiger partial charge in [-0.25, -0.2) is 15.0 Å². The normalized spacial score (nSPS) is 11.1. The zero-order valence-corrected chi connectivity index (χ0v) is 10.7. The van der Waals surface area contributed by atoms with Crippen molar-refractivity contribution >= 4 is 44.5 Å². The summed E-state index contributed by atoms with van der Waals surface area (Å²) in [5, 5.41) is 4.40. The minimum Gasteiger partial charge on any atom is -0.242 e. The Kier molecular flexibility index (Phi) is 2.38. The number of hydrogen-bond donors (Lipinski definition) is 0. The fourth-order valence-corrected chi connectivity index (χ4v) is 3.25. The van der Waals surface area contributed by atoms with Gasteiger partial charge in [0.05, 0.1) is 9.71 Å². The van der Waals surface area contributed by atoms with Crippen LogP contribution in [0.2, 0.25) is 5.15 Å². The number of rotatable bonds is 1. The molecule has 0 saturated heterocycles. The van der Waals surface area contributed by atoms with Crippen molar-refractivity contribution in [2.75, 3.05) is 0 Å². The van der Waals surface area contributed by atoms with Gasteiger partial charge in [0.2, 0.25) is 0 Å². The predicted molar refractivity (Wildman–Crippen MR) is 68.3 cm³/mol. The lowest BCUT2D eigenvalue weighted by atomic mass is 10.4. The molecule has 0 aromatic carbocycles. The van der Waals surface area contributed by atoms with Crippen molar-refractivity contribution in [3.63, 3.8) is 0 Å². The van der Waals surface area contributed by atoms with E-state index in [1.165, 1.54) is 0 Å². The number of aromatic nitrogens is 3. The van der Waals surface area contributed by atoms with Crippen molar-refractivity contribution in [2.24, 2.45) is 0 Å². The maximum absolute atomic E-state index is 5.98. The first-order valence-electron chi connectivity index (χ1n) is 4.57. The minimum absolute atomic E-state index is 0.451. The molecule has 0 amide bonds. The molecule has 16 heavy (non-hydrogen) atoms. The van der Waals surface area contributed by atoms with Crippen LogP contribution in [0.5, 0.6) is 0 Å². The Morgan fingerprint density at radius 1 is 1.31 bits per heavy atom. The first-order chi connectivity index (χ1) is 7.74. The number of halogens is 1. The van der Waals surface area contributed by atoms with Crippen LogP contribution in [0.15, 0.2) is 17.6 Å². The topological polar surface area (TPSA) is 38.7 Å². The highest BCUT2D eigenvalue weighted by atomic mass is 35.5. The van der Waals surface area contributed by atoms with Gasteiger partial charge in [-0.2, -0.15) is 0 Å². The molecule has 3 nitrogen and oxygen atoms in total. The molecule has 0 spiro atoms. The molecule has 3 rings (SSSR count). The smallest absolute Gasteiger partial charge is 0.156 e. The Hall–Kier alpha value is -1.04. The van der Waals surface area contributed by atoms with Crippen LogP contribution >= 0.6 is 34.3 Å². The average Bonchev–Trinajstić information content (AvgIpc) is 2.84. The highest BCUT2D eigenvalue weighted by Gasteiger charge is 2.11. The molecule has 3 aromatic rings. The van der Waals surface area contributed by atoms with Crippen LogP contribution in [0, 0.1) is 6.92 Å². The summed E-state index contributed by atoms with van der Waals surface area (Å²) in [5.41, 5.74) is 1.68. The zero-order valence-electron chi connectivity index (χ0n) is 8.27. The number of thiazole rings is 2. The summed E-state index contributed by atoms with van der Waals surface area (Å²) >= 11 is 9.19. The fraction of sp³-hybridized carbons (Fsp3) is 0.100. The van der Waals surface area contributed by atoms with Crippen LogP contribution in [0.25, 0.3) is 20.9 Å². The standard InChI is InChI=1S/C10H6ClN3S2/c1-5-13-6(4-15-5)10-14-8-7(16-10)2-3-12-9(8)11/h2-4H,1H3. The largest absolute Gasteiger partial charge is 0.242 e. The minimum atomic E-state index is 0.451.